The molecule has 2 aromatic rings. The standard InChI is InChI=1S/C14H15N3O4/c1-11-4-5-12(10-13(11)17(19)20)14(18)21-9-3-8-16-7-2-6-15-16/h2,4-7,10H,3,8-9H2,1H3. The van der Waals surface area contributed by atoms with Gasteiger partial charge in [0.25, 0.3) is 5.69 Å². The van der Waals surface area contributed by atoms with Gasteiger partial charge in [0.1, 0.15) is 0 Å². The molecular formula is C14H15N3O4. The predicted molar refractivity (Wildman–Crippen MR) is 75.0 cm³/mol. The number of benzene rings is 1. The number of nitro benzene ring substituents is 1. The molecule has 0 saturated carbocycles. The van der Waals surface area contributed by atoms with Crippen molar-refractivity contribution in [2.45, 2.75) is 19.9 Å². The number of rotatable bonds is 6. The van der Waals surface area contributed by atoms with Gasteiger partial charge in [0, 0.05) is 37.0 Å². The molecule has 0 aliphatic carbocycles. The predicted octanol–water partition coefficient (Wildman–Crippen LogP) is 2.35. The monoisotopic (exact) mass is 289 g/mol. The molecule has 1 aromatic carbocycles. The highest BCUT2D eigenvalue weighted by Gasteiger charge is 2.15. The number of ether oxygens (including phenoxy) is 1. The number of hydrogen-bond donors (Lipinski definition) is 0. The van der Waals surface area contributed by atoms with E-state index in [9.17, 15) is 14.9 Å². The summed E-state index contributed by atoms with van der Waals surface area (Å²) in [5.41, 5.74) is 0.614. The number of nitro groups is 1. The summed E-state index contributed by atoms with van der Waals surface area (Å²) in [4.78, 5) is 22.1. The summed E-state index contributed by atoms with van der Waals surface area (Å²) in [5, 5.41) is 14.9. The number of nitrogens with zero attached hydrogens (tertiary/aromatic N) is 3. The van der Waals surface area contributed by atoms with Crippen LogP contribution in [0.15, 0.2) is 36.7 Å². The van der Waals surface area contributed by atoms with Crippen molar-refractivity contribution in [1.29, 1.82) is 0 Å². The van der Waals surface area contributed by atoms with E-state index in [0.717, 1.165) is 0 Å². The molecule has 110 valence electrons. The van der Waals surface area contributed by atoms with Gasteiger partial charge in [-0.05, 0) is 19.1 Å². The first-order valence-electron chi connectivity index (χ1n) is 6.47. The molecule has 0 unspecified atom stereocenters. The minimum Gasteiger partial charge on any atom is -0.462 e. The SMILES string of the molecule is Cc1ccc(C(=O)OCCCn2cccn2)cc1[N+](=O)[O-]. The van der Waals surface area contributed by atoms with Crippen LogP contribution in [-0.2, 0) is 11.3 Å². The Hall–Kier alpha value is -2.70. The Bertz CT molecular complexity index is 638. The molecule has 1 aromatic heterocycles. The molecule has 1 heterocycles. The Balaban J connectivity index is 1.88. The molecule has 21 heavy (non-hydrogen) atoms. The molecule has 0 atom stereocenters. The second kappa shape index (κ2) is 6.65. The van der Waals surface area contributed by atoms with Crippen molar-refractivity contribution < 1.29 is 14.5 Å². The van der Waals surface area contributed by atoms with Crippen molar-refractivity contribution in [1.82, 2.24) is 9.78 Å². The quantitative estimate of drug-likeness (QED) is 0.352. The summed E-state index contributed by atoms with van der Waals surface area (Å²) in [6.45, 7) is 2.51. The fraction of sp³-hybridized carbons (Fsp3) is 0.286. The smallest absolute Gasteiger partial charge is 0.338 e. The molecule has 7 heteroatoms. The normalized spacial score (nSPS) is 10.3. The third-order valence-electron chi connectivity index (χ3n) is 2.97. The minimum atomic E-state index is -0.557. The van der Waals surface area contributed by atoms with Crippen molar-refractivity contribution in [3.05, 3.63) is 57.9 Å². The minimum absolute atomic E-state index is 0.0824. The number of hydrogen-bond acceptors (Lipinski definition) is 5. The number of aryl methyl sites for hydroxylation is 2. The lowest BCUT2D eigenvalue weighted by Crippen LogP contribution is -2.09. The molecule has 0 saturated heterocycles. The molecule has 0 bridgehead atoms. The second-order valence-corrected chi connectivity index (χ2v) is 4.52. The van der Waals surface area contributed by atoms with E-state index in [4.69, 9.17) is 4.74 Å². The van der Waals surface area contributed by atoms with Crippen LogP contribution in [0.25, 0.3) is 0 Å². The van der Waals surface area contributed by atoms with Crippen LogP contribution in [0.4, 0.5) is 5.69 Å². The number of aromatic nitrogens is 2. The van der Waals surface area contributed by atoms with Crippen LogP contribution < -0.4 is 0 Å². The van der Waals surface area contributed by atoms with Crippen LogP contribution in [0.5, 0.6) is 0 Å². The molecule has 0 radical (unpaired) electrons. The lowest BCUT2D eigenvalue weighted by atomic mass is 10.1. The lowest BCUT2D eigenvalue weighted by Gasteiger charge is -2.06. The van der Waals surface area contributed by atoms with Gasteiger partial charge in [0.05, 0.1) is 17.1 Å². The summed E-state index contributed by atoms with van der Waals surface area (Å²) in [6, 6.07) is 6.12. The van der Waals surface area contributed by atoms with Crippen LogP contribution in [0.3, 0.4) is 0 Å². The maximum Gasteiger partial charge on any atom is 0.338 e. The average Bonchev–Trinajstić information content (AvgIpc) is 2.96. The Labute approximate surface area is 121 Å². The Kier molecular flexibility index (Phi) is 4.65. The van der Waals surface area contributed by atoms with Gasteiger partial charge in [-0.15, -0.1) is 0 Å². The fourth-order valence-corrected chi connectivity index (χ4v) is 1.84. The maximum atomic E-state index is 11.8. The molecular weight excluding hydrogens is 274 g/mol. The van der Waals surface area contributed by atoms with Crippen LogP contribution >= 0.6 is 0 Å². The number of carbonyl (C=O) groups is 1. The zero-order valence-corrected chi connectivity index (χ0v) is 11.6. The lowest BCUT2D eigenvalue weighted by molar-refractivity contribution is -0.385. The summed E-state index contributed by atoms with van der Waals surface area (Å²) < 4.78 is 6.84. The number of esters is 1. The van der Waals surface area contributed by atoms with Crippen LogP contribution in [0.2, 0.25) is 0 Å². The third-order valence-corrected chi connectivity index (χ3v) is 2.97. The first-order valence-corrected chi connectivity index (χ1v) is 6.47. The van der Waals surface area contributed by atoms with Gasteiger partial charge in [-0.1, -0.05) is 6.07 Å². The highest BCUT2D eigenvalue weighted by molar-refractivity contribution is 5.90. The highest BCUT2D eigenvalue weighted by atomic mass is 16.6. The van der Waals surface area contributed by atoms with Crippen molar-refractivity contribution >= 4 is 11.7 Å². The topological polar surface area (TPSA) is 87.3 Å². The van der Waals surface area contributed by atoms with Crippen LogP contribution in [0, 0.1) is 17.0 Å². The molecule has 0 aliphatic rings. The van der Waals surface area contributed by atoms with Gasteiger partial charge < -0.3 is 4.74 Å². The van der Waals surface area contributed by atoms with Gasteiger partial charge in [0.15, 0.2) is 0 Å². The zero-order valence-electron chi connectivity index (χ0n) is 11.6. The molecule has 0 N–H and O–H groups in total. The van der Waals surface area contributed by atoms with E-state index in [1.54, 1.807) is 23.9 Å². The summed E-state index contributed by atoms with van der Waals surface area (Å²) in [6.07, 6.45) is 4.13. The van der Waals surface area contributed by atoms with Gasteiger partial charge >= 0.3 is 5.97 Å². The summed E-state index contributed by atoms with van der Waals surface area (Å²) in [5.74, 6) is -0.557. The van der Waals surface area contributed by atoms with Crippen molar-refractivity contribution in [2.24, 2.45) is 0 Å². The third kappa shape index (κ3) is 3.88. The first-order chi connectivity index (χ1) is 10.1. The van der Waals surface area contributed by atoms with Gasteiger partial charge in [-0.3, -0.25) is 14.8 Å². The summed E-state index contributed by atoms with van der Waals surface area (Å²) in [7, 11) is 0. The zero-order chi connectivity index (χ0) is 15.2. The van der Waals surface area contributed by atoms with Gasteiger partial charge in [-0.25, -0.2) is 4.79 Å². The van der Waals surface area contributed by atoms with Gasteiger partial charge in [-0.2, -0.15) is 5.10 Å². The van der Waals surface area contributed by atoms with Crippen molar-refractivity contribution in [3.8, 4) is 0 Å². The molecule has 2 rings (SSSR count). The van der Waals surface area contributed by atoms with E-state index in [2.05, 4.69) is 5.10 Å². The van der Waals surface area contributed by atoms with Gasteiger partial charge in [0.2, 0.25) is 0 Å². The Morgan fingerprint density at radius 2 is 2.29 bits per heavy atom. The van der Waals surface area contributed by atoms with E-state index in [-0.39, 0.29) is 17.9 Å². The maximum absolute atomic E-state index is 11.8. The largest absolute Gasteiger partial charge is 0.462 e. The van der Waals surface area contributed by atoms with Crippen LogP contribution in [0.1, 0.15) is 22.3 Å². The molecule has 7 nitrogen and oxygen atoms in total. The van der Waals surface area contributed by atoms with Crippen molar-refractivity contribution in [3.63, 3.8) is 0 Å². The van der Waals surface area contributed by atoms with E-state index < -0.39 is 10.9 Å². The highest BCUT2D eigenvalue weighted by Crippen LogP contribution is 2.19. The van der Waals surface area contributed by atoms with Crippen LogP contribution in [-0.4, -0.2) is 27.3 Å². The van der Waals surface area contributed by atoms with E-state index >= 15 is 0 Å². The van der Waals surface area contributed by atoms with E-state index in [0.29, 0.717) is 18.5 Å². The number of carbonyl (C=O) groups excluding carboxylic acids is 1. The molecule has 0 fully saturated rings. The molecule has 0 spiro atoms. The second-order valence-electron chi connectivity index (χ2n) is 4.52. The van der Waals surface area contributed by atoms with E-state index in [1.807, 2.05) is 12.3 Å². The van der Waals surface area contributed by atoms with Crippen molar-refractivity contribution in [2.75, 3.05) is 6.61 Å². The fourth-order valence-electron chi connectivity index (χ4n) is 1.84. The van der Waals surface area contributed by atoms with E-state index in [1.165, 1.54) is 12.1 Å². The summed E-state index contributed by atoms with van der Waals surface area (Å²) >= 11 is 0. The molecule has 0 amide bonds. The Morgan fingerprint density at radius 3 is 2.95 bits per heavy atom. The average molecular weight is 289 g/mol. The molecule has 0 aliphatic heterocycles. The Morgan fingerprint density at radius 1 is 1.48 bits per heavy atom. The first kappa shape index (κ1) is 14.7.